The molecule has 0 saturated heterocycles. The summed E-state index contributed by atoms with van der Waals surface area (Å²) in [5.74, 6) is 2.17. The van der Waals surface area contributed by atoms with Gasteiger partial charge in [-0.15, -0.1) is 0 Å². The van der Waals surface area contributed by atoms with Gasteiger partial charge < -0.3 is 5.11 Å². The van der Waals surface area contributed by atoms with Crippen molar-refractivity contribution in [3.8, 4) is 0 Å². The molecule has 1 aliphatic carbocycles. The van der Waals surface area contributed by atoms with Crippen molar-refractivity contribution in [2.75, 3.05) is 0 Å². The molecule has 0 aromatic rings. The highest BCUT2D eigenvalue weighted by Crippen LogP contribution is 2.41. The van der Waals surface area contributed by atoms with Gasteiger partial charge in [0.2, 0.25) is 0 Å². The summed E-state index contributed by atoms with van der Waals surface area (Å²) < 4.78 is 0. The third-order valence-corrected chi connectivity index (χ3v) is 3.13. The molecule has 0 aliphatic heterocycles. The average Bonchev–Trinajstić information content (AvgIpc) is 2.82. The minimum atomic E-state index is -0.0736. The predicted octanol–water partition coefficient (Wildman–Crippen LogP) is 2.83. The molecular formula is C11H22O. The van der Waals surface area contributed by atoms with E-state index in [0.717, 1.165) is 18.3 Å². The SMILES string of the molecule is CCC(CC(O)C(C)C)C1CC1. The molecule has 2 unspecified atom stereocenters. The van der Waals surface area contributed by atoms with Crippen LogP contribution in [0.1, 0.15) is 46.5 Å². The fourth-order valence-corrected chi connectivity index (χ4v) is 1.84. The first-order valence-corrected chi connectivity index (χ1v) is 5.33. The first-order chi connectivity index (χ1) is 5.65. The summed E-state index contributed by atoms with van der Waals surface area (Å²) in [6.07, 6.45) is 5.01. The van der Waals surface area contributed by atoms with Gasteiger partial charge in [-0.3, -0.25) is 0 Å². The predicted molar refractivity (Wildman–Crippen MR) is 52.0 cm³/mol. The van der Waals surface area contributed by atoms with E-state index >= 15 is 0 Å². The lowest BCUT2D eigenvalue weighted by Gasteiger charge is -2.20. The van der Waals surface area contributed by atoms with Crippen LogP contribution in [-0.2, 0) is 0 Å². The summed E-state index contributed by atoms with van der Waals surface area (Å²) in [5.41, 5.74) is 0. The van der Waals surface area contributed by atoms with Crippen LogP contribution in [0.15, 0.2) is 0 Å². The van der Waals surface area contributed by atoms with Crippen molar-refractivity contribution in [1.29, 1.82) is 0 Å². The van der Waals surface area contributed by atoms with E-state index in [-0.39, 0.29) is 6.10 Å². The van der Waals surface area contributed by atoms with Crippen molar-refractivity contribution in [1.82, 2.24) is 0 Å². The first-order valence-electron chi connectivity index (χ1n) is 5.33. The Morgan fingerprint density at radius 2 is 1.92 bits per heavy atom. The van der Waals surface area contributed by atoms with Crippen LogP contribution < -0.4 is 0 Å². The number of hydrogen-bond acceptors (Lipinski definition) is 1. The van der Waals surface area contributed by atoms with Crippen LogP contribution >= 0.6 is 0 Å². The van der Waals surface area contributed by atoms with Gasteiger partial charge in [0.05, 0.1) is 6.10 Å². The van der Waals surface area contributed by atoms with Crippen molar-refractivity contribution in [2.24, 2.45) is 17.8 Å². The molecule has 1 aliphatic rings. The molecule has 12 heavy (non-hydrogen) atoms. The van der Waals surface area contributed by atoms with Gasteiger partial charge in [0.15, 0.2) is 0 Å². The van der Waals surface area contributed by atoms with Crippen molar-refractivity contribution in [2.45, 2.75) is 52.6 Å². The molecule has 0 amide bonds. The average molecular weight is 170 g/mol. The number of aliphatic hydroxyl groups is 1. The molecule has 1 rings (SSSR count). The maximum atomic E-state index is 9.70. The van der Waals surface area contributed by atoms with Crippen LogP contribution in [0.3, 0.4) is 0 Å². The molecule has 1 nitrogen and oxygen atoms in total. The third-order valence-electron chi connectivity index (χ3n) is 3.13. The molecule has 1 saturated carbocycles. The number of aliphatic hydroxyl groups excluding tert-OH is 1. The topological polar surface area (TPSA) is 20.2 Å². The molecule has 0 bridgehead atoms. The van der Waals surface area contributed by atoms with Crippen LogP contribution in [0.4, 0.5) is 0 Å². The molecular weight excluding hydrogens is 148 g/mol. The van der Waals surface area contributed by atoms with E-state index in [1.54, 1.807) is 0 Å². The number of hydrogen-bond donors (Lipinski definition) is 1. The Morgan fingerprint density at radius 1 is 1.33 bits per heavy atom. The quantitative estimate of drug-likeness (QED) is 0.672. The summed E-state index contributed by atoms with van der Waals surface area (Å²) in [7, 11) is 0. The van der Waals surface area contributed by atoms with Crippen molar-refractivity contribution >= 4 is 0 Å². The van der Waals surface area contributed by atoms with Gasteiger partial charge in [0.25, 0.3) is 0 Å². The van der Waals surface area contributed by atoms with E-state index in [4.69, 9.17) is 0 Å². The van der Waals surface area contributed by atoms with E-state index in [1.165, 1.54) is 19.3 Å². The molecule has 2 atom stereocenters. The van der Waals surface area contributed by atoms with Crippen LogP contribution in [0.2, 0.25) is 0 Å². The molecule has 1 fully saturated rings. The Hall–Kier alpha value is -0.0400. The Morgan fingerprint density at radius 3 is 2.25 bits per heavy atom. The lowest BCUT2D eigenvalue weighted by molar-refractivity contribution is 0.0917. The van der Waals surface area contributed by atoms with Crippen LogP contribution in [0.5, 0.6) is 0 Å². The fraction of sp³-hybridized carbons (Fsp3) is 1.00. The monoisotopic (exact) mass is 170 g/mol. The van der Waals surface area contributed by atoms with E-state index in [9.17, 15) is 5.11 Å². The summed E-state index contributed by atoms with van der Waals surface area (Å²) in [6.45, 7) is 6.45. The standard InChI is InChI=1S/C11H22O/c1-4-9(10-5-6-10)7-11(12)8(2)3/h8-12H,4-7H2,1-3H3. The van der Waals surface area contributed by atoms with E-state index in [1.807, 2.05) is 0 Å². The Bertz CT molecular complexity index is 127. The van der Waals surface area contributed by atoms with Crippen molar-refractivity contribution < 1.29 is 5.11 Å². The van der Waals surface area contributed by atoms with Crippen LogP contribution in [0.25, 0.3) is 0 Å². The van der Waals surface area contributed by atoms with E-state index < -0.39 is 0 Å². The molecule has 0 spiro atoms. The second-order valence-electron chi connectivity index (χ2n) is 4.55. The Labute approximate surface area is 76.2 Å². The van der Waals surface area contributed by atoms with Gasteiger partial charge in [-0.1, -0.05) is 27.2 Å². The third kappa shape index (κ3) is 2.78. The summed E-state index contributed by atoms with van der Waals surface area (Å²) in [6, 6.07) is 0. The molecule has 0 heterocycles. The van der Waals surface area contributed by atoms with Gasteiger partial charge in [0, 0.05) is 0 Å². The summed E-state index contributed by atoms with van der Waals surface area (Å²) >= 11 is 0. The molecule has 1 N–H and O–H groups in total. The normalized spacial score (nSPS) is 22.8. The number of rotatable bonds is 5. The van der Waals surface area contributed by atoms with Gasteiger partial charge in [-0.2, -0.15) is 0 Å². The molecule has 1 heteroatoms. The largest absolute Gasteiger partial charge is 0.393 e. The minimum absolute atomic E-state index is 0.0736. The zero-order valence-corrected chi connectivity index (χ0v) is 8.59. The van der Waals surface area contributed by atoms with Gasteiger partial charge in [-0.05, 0) is 37.0 Å². The van der Waals surface area contributed by atoms with Crippen molar-refractivity contribution in [3.05, 3.63) is 0 Å². The Kier molecular flexibility index (Phi) is 3.57. The van der Waals surface area contributed by atoms with Gasteiger partial charge in [-0.25, -0.2) is 0 Å². The zero-order valence-electron chi connectivity index (χ0n) is 8.59. The highest BCUT2D eigenvalue weighted by molar-refractivity contribution is 4.82. The molecule has 0 radical (unpaired) electrons. The first kappa shape index (κ1) is 10.0. The lowest BCUT2D eigenvalue weighted by Crippen LogP contribution is -2.20. The highest BCUT2D eigenvalue weighted by atomic mass is 16.3. The molecule has 0 aromatic heterocycles. The second kappa shape index (κ2) is 4.27. The van der Waals surface area contributed by atoms with Gasteiger partial charge in [0.1, 0.15) is 0 Å². The van der Waals surface area contributed by atoms with E-state index in [2.05, 4.69) is 20.8 Å². The summed E-state index contributed by atoms with van der Waals surface area (Å²) in [5, 5.41) is 9.70. The maximum absolute atomic E-state index is 9.70. The Balaban J connectivity index is 2.25. The van der Waals surface area contributed by atoms with Crippen LogP contribution in [0, 0.1) is 17.8 Å². The minimum Gasteiger partial charge on any atom is -0.393 e. The summed E-state index contributed by atoms with van der Waals surface area (Å²) in [4.78, 5) is 0. The van der Waals surface area contributed by atoms with Gasteiger partial charge >= 0.3 is 0 Å². The van der Waals surface area contributed by atoms with Crippen LogP contribution in [-0.4, -0.2) is 11.2 Å². The maximum Gasteiger partial charge on any atom is 0.0565 e. The fourth-order valence-electron chi connectivity index (χ4n) is 1.84. The van der Waals surface area contributed by atoms with Crippen molar-refractivity contribution in [3.63, 3.8) is 0 Å². The lowest BCUT2D eigenvalue weighted by atomic mass is 9.90. The zero-order chi connectivity index (χ0) is 9.14. The smallest absolute Gasteiger partial charge is 0.0565 e. The van der Waals surface area contributed by atoms with E-state index in [0.29, 0.717) is 5.92 Å². The molecule has 72 valence electrons. The molecule has 0 aromatic carbocycles. The second-order valence-corrected chi connectivity index (χ2v) is 4.55. The highest BCUT2D eigenvalue weighted by Gasteiger charge is 2.31.